The number of hydrogen-bond donors (Lipinski definition) is 6. The molecule has 1 aliphatic carbocycles. The van der Waals surface area contributed by atoms with E-state index in [-0.39, 0.29) is 6.61 Å². The monoisotopic (exact) mass is 661 g/mol. The van der Waals surface area contributed by atoms with Crippen LogP contribution >= 0.6 is 0 Å². The van der Waals surface area contributed by atoms with Gasteiger partial charge in [0.1, 0.15) is 24.7 Å². The Morgan fingerprint density at radius 1 is 0.833 bits per heavy atom. The smallest absolute Gasteiger partial charge is 0.408 e. The van der Waals surface area contributed by atoms with Gasteiger partial charge in [-0.1, -0.05) is 74.5 Å². The standard InChI is InChI=1S/C34H39N5O9/c1-20(2)29(32(45)36-25(13-8-14-35)17-27(40)41)38-33(46)30(24-15-22-11-6-7-12-23(22)16-24)39-31(44)26(18-28(42)43)37-34(47)48-19-21-9-4-3-5-10-21/h3-13,20,24-26,29-30H,15-19H2,1-2H3,(H,36,45)(H,37,47)(H,38,46)(H,39,44)(H,40,41)(H,42,43). The molecule has 0 heterocycles. The number of nitrogens with one attached hydrogen (secondary N) is 4. The fourth-order valence-electron chi connectivity index (χ4n) is 5.34. The summed E-state index contributed by atoms with van der Waals surface area (Å²) in [5.41, 5.74) is 2.58. The average Bonchev–Trinajstić information content (AvgIpc) is 3.47. The van der Waals surface area contributed by atoms with E-state index in [1.807, 2.05) is 24.3 Å². The number of ether oxygens (including phenoxy) is 1. The van der Waals surface area contributed by atoms with E-state index in [0.29, 0.717) is 18.4 Å². The molecule has 4 atom stereocenters. The van der Waals surface area contributed by atoms with Gasteiger partial charge in [-0.3, -0.25) is 24.0 Å². The maximum atomic E-state index is 13.9. The zero-order valence-electron chi connectivity index (χ0n) is 26.5. The number of rotatable bonds is 16. The lowest BCUT2D eigenvalue weighted by Gasteiger charge is -2.30. The summed E-state index contributed by atoms with van der Waals surface area (Å²) in [5, 5.41) is 37.7. The molecule has 0 bridgehead atoms. The second-order valence-electron chi connectivity index (χ2n) is 11.7. The Bertz CT molecular complexity index is 1530. The number of fused-ring (bicyclic) bond motifs is 1. The number of carboxylic acid groups (broad SMARTS) is 2. The van der Waals surface area contributed by atoms with Crippen LogP contribution in [-0.4, -0.2) is 70.1 Å². The Morgan fingerprint density at radius 2 is 1.44 bits per heavy atom. The Kier molecular flexibility index (Phi) is 13.7. The van der Waals surface area contributed by atoms with Crippen molar-refractivity contribution in [3.8, 4) is 6.07 Å². The normalized spacial score (nSPS) is 14.9. The van der Waals surface area contributed by atoms with E-state index in [1.165, 1.54) is 6.08 Å². The number of aliphatic carboxylic acids is 2. The van der Waals surface area contributed by atoms with Gasteiger partial charge in [0.05, 0.1) is 25.0 Å². The molecule has 0 fully saturated rings. The number of carbonyl (C=O) groups is 6. The fraction of sp³-hybridized carbons (Fsp3) is 0.382. The minimum absolute atomic E-state index is 0.127. The Morgan fingerprint density at radius 3 is 2.00 bits per heavy atom. The molecule has 14 nitrogen and oxygen atoms in total. The lowest BCUT2D eigenvalue weighted by Crippen LogP contribution is -2.60. The van der Waals surface area contributed by atoms with Crippen LogP contribution in [0.3, 0.4) is 0 Å². The molecule has 0 spiro atoms. The SMILES string of the molecule is CC(C)C(NC(=O)C(NC(=O)C(CC(=O)O)NC(=O)OCc1ccccc1)C1Cc2ccccc2C1)C(=O)NC(C=CC#N)CC(=O)O. The zero-order chi connectivity index (χ0) is 35.2. The predicted molar refractivity (Wildman–Crippen MR) is 171 cm³/mol. The van der Waals surface area contributed by atoms with E-state index in [0.717, 1.165) is 17.2 Å². The molecule has 0 saturated heterocycles. The highest BCUT2D eigenvalue weighted by atomic mass is 16.5. The van der Waals surface area contributed by atoms with E-state index in [9.17, 15) is 39.0 Å². The van der Waals surface area contributed by atoms with Gasteiger partial charge in [-0.15, -0.1) is 0 Å². The summed E-state index contributed by atoms with van der Waals surface area (Å²) >= 11 is 0. The zero-order valence-corrected chi connectivity index (χ0v) is 26.5. The van der Waals surface area contributed by atoms with Gasteiger partial charge in [0, 0.05) is 6.08 Å². The number of hydrogen-bond acceptors (Lipinski definition) is 8. The summed E-state index contributed by atoms with van der Waals surface area (Å²) in [6.45, 7) is 3.20. The molecule has 0 radical (unpaired) electrons. The van der Waals surface area contributed by atoms with Crippen LogP contribution in [0, 0.1) is 23.2 Å². The van der Waals surface area contributed by atoms with Gasteiger partial charge in [-0.05, 0) is 41.4 Å². The number of nitrogens with zero attached hydrogens (tertiary/aromatic N) is 1. The summed E-state index contributed by atoms with van der Waals surface area (Å²) in [4.78, 5) is 76.3. The first-order valence-electron chi connectivity index (χ1n) is 15.3. The van der Waals surface area contributed by atoms with E-state index in [1.54, 1.807) is 50.2 Å². The minimum Gasteiger partial charge on any atom is -0.481 e. The van der Waals surface area contributed by atoms with E-state index in [2.05, 4.69) is 21.3 Å². The molecule has 48 heavy (non-hydrogen) atoms. The second kappa shape index (κ2) is 17.8. The van der Waals surface area contributed by atoms with E-state index in [4.69, 9.17) is 10.00 Å². The first-order chi connectivity index (χ1) is 22.9. The first kappa shape index (κ1) is 36.8. The van der Waals surface area contributed by atoms with Crippen LogP contribution in [0.15, 0.2) is 66.7 Å². The number of allylic oxidation sites excluding steroid dienone is 1. The van der Waals surface area contributed by atoms with Crippen molar-refractivity contribution < 1.29 is 43.7 Å². The number of amides is 4. The average molecular weight is 662 g/mol. The molecule has 0 aliphatic heterocycles. The Labute approximate surface area is 277 Å². The van der Waals surface area contributed by atoms with Gasteiger partial charge in [-0.25, -0.2) is 4.79 Å². The number of benzene rings is 2. The third-order valence-corrected chi connectivity index (χ3v) is 7.71. The second-order valence-corrected chi connectivity index (χ2v) is 11.7. The quantitative estimate of drug-likeness (QED) is 0.143. The van der Waals surface area contributed by atoms with Crippen molar-refractivity contribution in [3.05, 3.63) is 83.4 Å². The molecular formula is C34H39N5O9. The van der Waals surface area contributed by atoms with Crippen molar-refractivity contribution in [1.82, 2.24) is 21.3 Å². The first-order valence-corrected chi connectivity index (χ1v) is 15.3. The van der Waals surface area contributed by atoms with Gasteiger partial charge < -0.3 is 36.2 Å². The van der Waals surface area contributed by atoms with Gasteiger partial charge >= 0.3 is 18.0 Å². The highest BCUT2D eigenvalue weighted by molar-refractivity contribution is 5.95. The van der Waals surface area contributed by atoms with Crippen molar-refractivity contribution in [2.45, 2.75) is 70.3 Å². The molecule has 3 rings (SSSR count). The third kappa shape index (κ3) is 11.3. The topological polar surface area (TPSA) is 224 Å². The number of carbonyl (C=O) groups excluding carboxylic acids is 4. The predicted octanol–water partition coefficient (Wildman–Crippen LogP) is 1.84. The van der Waals surface area contributed by atoms with Crippen LogP contribution in [0.1, 0.15) is 43.4 Å². The summed E-state index contributed by atoms with van der Waals surface area (Å²) in [6, 6.07) is 12.9. The van der Waals surface area contributed by atoms with Crippen LogP contribution in [0.25, 0.3) is 0 Å². The van der Waals surface area contributed by atoms with Crippen molar-refractivity contribution in [3.63, 3.8) is 0 Å². The molecule has 0 aromatic heterocycles. The molecule has 254 valence electrons. The van der Waals surface area contributed by atoms with Crippen LogP contribution in [0.2, 0.25) is 0 Å². The molecule has 4 amide bonds. The highest BCUT2D eigenvalue weighted by Gasteiger charge is 2.38. The summed E-state index contributed by atoms with van der Waals surface area (Å²) in [7, 11) is 0. The third-order valence-electron chi connectivity index (χ3n) is 7.71. The number of nitriles is 1. The lowest BCUT2D eigenvalue weighted by molar-refractivity contribution is -0.140. The lowest BCUT2D eigenvalue weighted by atomic mass is 9.93. The molecule has 1 aliphatic rings. The van der Waals surface area contributed by atoms with Gasteiger partial charge in [0.25, 0.3) is 0 Å². The molecule has 6 N–H and O–H groups in total. The van der Waals surface area contributed by atoms with Crippen LogP contribution in [-0.2, 0) is 48.2 Å². The highest BCUT2D eigenvalue weighted by Crippen LogP contribution is 2.29. The summed E-state index contributed by atoms with van der Waals surface area (Å²) in [5.74, 6) is -5.97. The van der Waals surface area contributed by atoms with Crippen molar-refractivity contribution in [2.75, 3.05) is 0 Å². The molecular weight excluding hydrogens is 622 g/mol. The minimum atomic E-state index is -1.60. The number of carboxylic acids is 2. The summed E-state index contributed by atoms with van der Waals surface area (Å²) in [6.07, 6.45) is 0.708. The van der Waals surface area contributed by atoms with Crippen molar-refractivity contribution in [1.29, 1.82) is 5.26 Å². The number of alkyl carbamates (subject to hydrolysis) is 1. The molecule has 0 saturated carbocycles. The maximum Gasteiger partial charge on any atom is 0.408 e. The van der Waals surface area contributed by atoms with Crippen LogP contribution < -0.4 is 21.3 Å². The largest absolute Gasteiger partial charge is 0.481 e. The maximum absolute atomic E-state index is 13.9. The fourth-order valence-corrected chi connectivity index (χ4v) is 5.34. The Hall–Kier alpha value is -5.71. The molecule has 14 heteroatoms. The van der Waals surface area contributed by atoms with Crippen molar-refractivity contribution >= 4 is 35.8 Å². The van der Waals surface area contributed by atoms with Crippen molar-refractivity contribution in [2.24, 2.45) is 11.8 Å². The van der Waals surface area contributed by atoms with Gasteiger partial charge in [0.2, 0.25) is 17.7 Å². The van der Waals surface area contributed by atoms with Crippen LogP contribution in [0.5, 0.6) is 0 Å². The molecule has 2 aromatic carbocycles. The molecule has 4 unspecified atom stereocenters. The molecule has 2 aromatic rings. The Balaban J connectivity index is 1.81. The van der Waals surface area contributed by atoms with E-state index >= 15 is 0 Å². The van der Waals surface area contributed by atoms with E-state index < -0.39 is 84.6 Å². The van der Waals surface area contributed by atoms with Gasteiger partial charge in [-0.2, -0.15) is 5.26 Å². The van der Waals surface area contributed by atoms with Gasteiger partial charge in [0.15, 0.2) is 0 Å². The van der Waals surface area contributed by atoms with Crippen LogP contribution in [0.4, 0.5) is 4.79 Å². The summed E-state index contributed by atoms with van der Waals surface area (Å²) < 4.78 is 5.16.